The summed E-state index contributed by atoms with van der Waals surface area (Å²) in [6.07, 6.45) is 3.28. The van der Waals surface area contributed by atoms with Gasteiger partial charge in [0.1, 0.15) is 5.82 Å². The fourth-order valence-electron chi connectivity index (χ4n) is 3.62. The highest BCUT2D eigenvalue weighted by atomic mass is 19.1. The molecule has 2 fully saturated rings. The zero-order valence-corrected chi connectivity index (χ0v) is 12.6. The maximum atomic E-state index is 14.2. The molecule has 2 aliphatic rings. The number of aryl methyl sites for hydroxylation is 1. The third-order valence-electron chi connectivity index (χ3n) is 4.94. The van der Waals surface area contributed by atoms with E-state index in [-0.39, 0.29) is 11.5 Å². The van der Waals surface area contributed by atoms with Crippen molar-refractivity contribution in [2.75, 3.05) is 25.9 Å². The zero-order valence-electron chi connectivity index (χ0n) is 12.6. The summed E-state index contributed by atoms with van der Waals surface area (Å²) in [5, 5.41) is 0. The van der Waals surface area contributed by atoms with E-state index in [1.54, 1.807) is 17.9 Å². The molecular formula is C16H22FN3O. The zero-order chi connectivity index (χ0) is 15.1. The molecule has 2 saturated heterocycles. The molecule has 0 spiro atoms. The van der Waals surface area contributed by atoms with E-state index in [1.807, 2.05) is 0 Å². The SMILES string of the molecule is Cc1cc(N)cc(C(=O)N2CCC3CCC(C2)N3C)c1F. The first-order valence-electron chi connectivity index (χ1n) is 7.54. The first-order chi connectivity index (χ1) is 9.97. The minimum absolute atomic E-state index is 0.105. The Bertz CT molecular complexity index is 575. The lowest BCUT2D eigenvalue weighted by Crippen LogP contribution is -2.40. The Kier molecular flexibility index (Phi) is 3.61. The lowest BCUT2D eigenvalue weighted by molar-refractivity contribution is 0.0735. The molecule has 2 N–H and O–H groups in total. The lowest BCUT2D eigenvalue weighted by atomic mass is 10.1. The van der Waals surface area contributed by atoms with E-state index >= 15 is 0 Å². The molecule has 2 bridgehead atoms. The van der Waals surface area contributed by atoms with Crippen molar-refractivity contribution in [3.8, 4) is 0 Å². The Hall–Kier alpha value is -1.62. The molecule has 1 amide bonds. The molecule has 0 saturated carbocycles. The Labute approximate surface area is 124 Å². The van der Waals surface area contributed by atoms with Crippen molar-refractivity contribution in [2.24, 2.45) is 0 Å². The van der Waals surface area contributed by atoms with Gasteiger partial charge in [0.2, 0.25) is 0 Å². The van der Waals surface area contributed by atoms with Crippen LogP contribution in [0.25, 0.3) is 0 Å². The number of carbonyl (C=O) groups is 1. The van der Waals surface area contributed by atoms with Crippen LogP contribution in [0.5, 0.6) is 0 Å². The minimum Gasteiger partial charge on any atom is -0.399 e. The predicted molar refractivity (Wildman–Crippen MR) is 80.6 cm³/mol. The van der Waals surface area contributed by atoms with E-state index in [1.165, 1.54) is 12.5 Å². The summed E-state index contributed by atoms with van der Waals surface area (Å²) >= 11 is 0. The standard InChI is InChI=1S/C16H22FN3O/c1-10-7-11(18)8-14(15(10)17)16(21)20-6-5-12-3-4-13(9-20)19(12)2/h7-8,12-13H,3-6,9,18H2,1-2H3. The summed E-state index contributed by atoms with van der Waals surface area (Å²) in [5.41, 5.74) is 6.73. The Balaban J connectivity index is 1.86. The van der Waals surface area contributed by atoms with Gasteiger partial charge in [0.15, 0.2) is 0 Å². The molecule has 4 nitrogen and oxygen atoms in total. The molecule has 1 aromatic carbocycles. The van der Waals surface area contributed by atoms with E-state index in [0.29, 0.717) is 36.4 Å². The third-order valence-corrected chi connectivity index (χ3v) is 4.94. The van der Waals surface area contributed by atoms with Gasteiger partial charge in [0.25, 0.3) is 5.91 Å². The second-order valence-corrected chi connectivity index (χ2v) is 6.29. The monoisotopic (exact) mass is 291 g/mol. The summed E-state index contributed by atoms with van der Waals surface area (Å²) in [4.78, 5) is 16.8. The number of anilines is 1. The van der Waals surface area contributed by atoms with Gasteiger partial charge >= 0.3 is 0 Å². The summed E-state index contributed by atoms with van der Waals surface area (Å²) in [7, 11) is 2.13. The van der Waals surface area contributed by atoms with Crippen LogP contribution in [0.1, 0.15) is 35.2 Å². The summed E-state index contributed by atoms with van der Waals surface area (Å²) < 4.78 is 14.2. The number of benzene rings is 1. The number of likely N-dealkylation sites (N-methyl/N-ethyl adjacent to an activating group) is 1. The average molecular weight is 291 g/mol. The minimum atomic E-state index is -0.447. The predicted octanol–water partition coefficient (Wildman–Crippen LogP) is 2.03. The second-order valence-electron chi connectivity index (χ2n) is 6.29. The van der Waals surface area contributed by atoms with Gasteiger partial charge in [-0.1, -0.05) is 0 Å². The first kappa shape index (κ1) is 14.3. The fraction of sp³-hybridized carbons (Fsp3) is 0.562. The summed E-state index contributed by atoms with van der Waals surface area (Å²) in [6.45, 7) is 3.01. The molecule has 21 heavy (non-hydrogen) atoms. The number of carbonyl (C=O) groups excluding carboxylic acids is 1. The molecule has 2 heterocycles. The second kappa shape index (κ2) is 5.30. The topological polar surface area (TPSA) is 49.6 Å². The molecule has 114 valence electrons. The summed E-state index contributed by atoms with van der Waals surface area (Å²) in [5.74, 6) is -0.680. The van der Waals surface area contributed by atoms with Gasteiger partial charge in [-0.25, -0.2) is 4.39 Å². The number of rotatable bonds is 1. The molecule has 0 radical (unpaired) electrons. The van der Waals surface area contributed by atoms with Gasteiger partial charge in [-0.05, 0) is 50.9 Å². The molecule has 0 aliphatic carbocycles. The van der Waals surface area contributed by atoms with Gasteiger partial charge in [0.05, 0.1) is 5.56 Å². The number of likely N-dealkylation sites (tertiary alicyclic amines) is 1. The number of hydrogen-bond acceptors (Lipinski definition) is 3. The number of halogens is 1. The summed E-state index contributed by atoms with van der Waals surface area (Å²) in [6, 6.07) is 3.97. The molecule has 2 aliphatic heterocycles. The van der Waals surface area contributed by atoms with Gasteiger partial charge in [-0.15, -0.1) is 0 Å². The maximum absolute atomic E-state index is 14.2. The number of nitrogens with two attached hydrogens (primary N) is 1. The van der Waals surface area contributed by atoms with Crippen LogP contribution in [0.4, 0.5) is 10.1 Å². The normalized spacial score (nSPS) is 26.0. The van der Waals surface area contributed by atoms with E-state index < -0.39 is 5.82 Å². The van der Waals surface area contributed by atoms with Crippen LogP contribution in [0, 0.1) is 12.7 Å². The lowest BCUT2D eigenvalue weighted by Gasteiger charge is -2.26. The van der Waals surface area contributed by atoms with Gasteiger partial charge in [-0.2, -0.15) is 0 Å². The van der Waals surface area contributed by atoms with E-state index in [0.717, 1.165) is 12.8 Å². The highest BCUT2D eigenvalue weighted by Gasteiger charge is 2.36. The largest absolute Gasteiger partial charge is 0.399 e. The van der Waals surface area contributed by atoms with Crippen molar-refractivity contribution < 1.29 is 9.18 Å². The van der Waals surface area contributed by atoms with Crippen LogP contribution in [-0.2, 0) is 0 Å². The number of hydrogen-bond donors (Lipinski definition) is 1. The third kappa shape index (κ3) is 2.50. The van der Waals surface area contributed by atoms with Crippen molar-refractivity contribution in [3.05, 3.63) is 29.1 Å². The molecule has 1 aromatic rings. The Morgan fingerprint density at radius 1 is 1.29 bits per heavy atom. The molecule has 2 unspecified atom stereocenters. The molecule has 3 rings (SSSR count). The van der Waals surface area contributed by atoms with Crippen LogP contribution >= 0.6 is 0 Å². The smallest absolute Gasteiger partial charge is 0.256 e. The molecule has 5 heteroatoms. The Morgan fingerprint density at radius 2 is 2.00 bits per heavy atom. The van der Waals surface area contributed by atoms with Crippen molar-refractivity contribution >= 4 is 11.6 Å². The average Bonchev–Trinajstić information content (AvgIpc) is 2.67. The quantitative estimate of drug-likeness (QED) is 0.805. The van der Waals surface area contributed by atoms with Crippen LogP contribution in [0.3, 0.4) is 0 Å². The van der Waals surface area contributed by atoms with Gasteiger partial charge in [0, 0.05) is 30.9 Å². The van der Waals surface area contributed by atoms with Crippen LogP contribution in [-0.4, -0.2) is 47.9 Å². The van der Waals surface area contributed by atoms with Crippen molar-refractivity contribution in [1.29, 1.82) is 0 Å². The van der Waals surface area contributed by atoms with Crippen LogP contribution < -0.4 is 5.73 Å². The van der Waals surface area contributed by atoms with E-state index in [2.05, 4.69) is 11.9 Å². The van der Waals surface area contributed by atoms with E-state index in [9.17, 15) is 9.18 Å². The molecular weight excluding hydrogens is 269 g/mol. The number of fused-ring (bicyclic) bond motifs is 2. The van der Waals surface area contributed by atoms with Crippen LogP contribution in [0.15, 0.2) is 12.1 Å². The van der Waals surface area contributed by atoms with Gasteiger partial charge in [-0.3, -0.25) is 9.69 Å². The van der Waals surface area contributed by atoms with Crippen molar-refractivity contribution in [2.45, 2.75) is 38.3 Å². The maximum Gasteiger partial charge on any atom is 0.256 e. The van der Waals surface area contributed by atoms with Crippen molar-refractivity contribution in [1.82, 2.24) is 9.80 Å². The molecule has 2 atom stereocenters. The van der Waals surface area contributed by atoms with E-state index in [4.69, 9.17) is 5.73 Å². The first-order valence-corrected chi connectivity index (χ1v) is 7.54. The van der Waals surface area contributed by atoms with Crippen molar-refractivity contribution in [3.63, 3.8) is 0 Å². The number of amides is 1. The molecule has 0 aromatic heterocycles. The fourth-order valence-corrected chi connectivity index (χ4v) is 3.62. The number of nitrogen functional groups attached to an aromatic ring is 1. The number of nitrogens with zero attached hydrogens (tertiary/aromatic N) is 2. The highest BCUT2D eigenvalue weighted by molar-refractivity contribution is 5.95. The highest BCUT2D eigenvalue weighted by Crippen LogP contribution is 2.29. The Morgan fingerprint density at radius 3 is 2.76 bits per heavy atom. The van der Waals surface area contributed by atoms with Gasteiger partial charge < -0.3 is 10.6 Å². The van der Waals surface area contributed by atoms with Crippen LogP contribution in [0.2, 0.25) is 0 Å².